The van der Waals surface area contributed by atoms with Crippen LogP contribution < -0.4 is 4.90 Å². The molecule has 7 aromatic carbocycles. The Morgan fingerprint density at radius 3 is 1.04 bits per heavy atom. The molecule has 7 rings (SSSR count). The highest BCUT2D eigenvalue weighted by Crippen LogP contribution is 2.36. The number of hydrogen-bond acceptors (Lipinski definition) is 1. The van der Waals surface area contributed by atoms with Crippen molar-refractivity contribution < 1.29 is 0 Å². The van der Waals surface area contributed by atoms with Crippen LogP contribution in [0.4, 0.5) is 5.69 Å². The fraction of sp³-hybridized carbons (Fsp3) is 0.0980. The standard InChI is InChI=1S/C51H45N/c1-38-24-26-43(27-25-38)48(39-16-8-4-9-17-39)36-49(40-18-10-5-11-19-40)44-28-30-45(31-29-44)50(41-20-12-6-13-21-41)37-51(42-22-14-7-15-23-42)46-32-34-47(35-33-46)52(2)3/h4-37,48,51H,1-3H3. The largest absolute Gasteiger partial charge is 0.378 e. The number of allylic oxidation sites excluding steroid dienone is 2. The highest BCUT2D eigenvalue weighted by atomic mass is 15.1. The summed E-state index contributed by atoms with van der Waals surface area (Å²) in [6.07, 6.45) is 4.89. The van der Waals surface area contributed by atoms with E-state index >= 15 is 0 Å². The fourth-order valence-electron chi connectivity index (χ4n) is 6.96. The summed E-state index contributed by atoms with van der Waals surface area (Å²) in [6, 6.07) is 70.4. The van der Waals surface area contributed by atoms with E-state index in [4.69, 9.17) is 0 Å². The normalized spacial score (nSPS) is 13.0. The zero-order valence-corrected chi connectivity index (χ0v) is 30.2. The van der Waals surface area contributed by atoms with Crippen molar-refractivity contribution in [1.29, 1.82) is 0 Å². The predicted octanol–water partition coefficient (Wildman–Crippen LogP) is 12.6. The van der Waals surface area contributed by atoms with Gasteiger partial charge in [0.15, 0.2) is 0 Å². The molecule has 0 amide bonds. The van der Waals surface area contributed by atoms with Crippen LogP contribution in [0.1, 0.15) is 61.9 Å². The Hall–Kier alpha value is -6.18. The number of aryl methyl sites for hydroxylation is 1. The van der Waals surface area contributed by atoms with Crippen LogP contribution in [0.15, 0.2) is 206 Å². The summed E-state index contributed by atoms with van der Waals surface area (Å²) in [6.45, 7) is 2.15. The number of rotatable bonds is 11. The van der Waals surface area contributed by atoms with E-state index in [0.29, 0.717) is 0 Å². The molecule has 0 saturated heterocycles. The number of anilines is 1. The lowest BCUT2D eigenvalue weighted by Gasteiger charge is -2.20. The van der Waals surface area contributed by atoms with Crippen molar-refractivity contribution in [2.75, 3.05) is 19.0 Å². The second-order valence-corrected chi connectivity index (χ2v) is 13.6. The highest BCUT2D eigenvalue weighted by Gasteiger charge is 2.18. The summed E-state index contributed by atoms with van der Waals surface area (Å²) in [7, 11) is 4.17. The van der Waals surface area contributed by atoms with Gasteiger partial charge < -0.3 is 4.90 Å². The Kier molecular flexibility index (Phi) is 10.7. The van der Waals surface area contributed by atoms with Gasteiger partial charge in [0, 0.05) is 31.6 Å². The maximum atomic E-state index is 2.45. The van der Waals surface area contributed by atoms with E-state index in [1.165, 1.54) is 66.9 Å². The van der Waals surface area contributed by atoms with Crippen molar-refractivity contribution in [2.45, 2.75) is 18.8 Å². The van der Waals surface area contributed by atoms with Gasteiger partial charge in [-0.2, -0.15) is 0 Å². The van der Waals surface area contributed by atoms with Crippen LogP contribution in [-0.2, 0) is 0 Å². The first-order valence-electron chi connectivity index (χ1n) is 18.1. The van der Waals surface area contributed by atoms with Crippen LogP contribution in [0.2, 0.25) is 0 Å². The molecular weight excluding hydrogens is 627 g/mol. The molecule has 1 nitrogen and oxygen atoms in total. The van der Waals surface area contributed by atoms with Gasteiger partial charge in [0.25, 0.3) is 0 Å². The van der Waals surface area contributed by atoms with Gasteiger partial charge in [0.1, 0.15) is 0 Å². The molecule has 0 heterocycles. The maximum Gasteiger partial charge on any atom is 0.0361 e. The van der Waals surface area contributed by atoms with E-state index in [-0.39, 0.29) is 11.8 Å². The first-order valence-corrected chi connectivity index (χ1v) is 18.1. The highest BCUT2D eigenvalue weighted by molar-refractivity contribution is 5.84. The molecule has 0 aliphatic rings. The summed E-state index contributed by atoms with van der Waals surface area (Å²) in [5.41, 5.74) is 14.7. The van der Waals surface area contributed by atoms with Gasteiger partial charge in [-0.1, -0.05) is 200 Å². The van der Waals surface area contributed by atoms with E-state index in [1.807, 2.05) is 0 Å². The zero-order chi connectivity index (χ0) is 35.7. The van der Waals surface area contributed by atoms with Gasteiger partial charge in [-0.3, -0.25) is 0 Å². The van der Waals surface area contributed by atoms with Crippen molar-refractivity contribution in [1.82, 2.24) is 0 Å². The quantitative estimate of drug-likeness (QED) is 0.132. The third-order valence-electron chi connectivity index (χ3n) is 9.87. The Bertz CT molecular complexity index is 2210. The lowest BCUT2D eigenvalue weighted by Crippen LogP contribution is -2.08. The summed E-state index contributed by atoms with van der Waals surface area (Å²) in [4.78, 5) is 2.15. The number of benzene rings is 7. The predicted molar refractivity (Wildman–Crippen MR) is 222 cm³/mol. The van der Waals surface area contributed by atoms with E-state index in [9.17, 15) is 0 Å². The molecule has 0 aliphatic heterocycles. The molecule has 2 atom stereocenters. The van der Waals surface area contributed by atoms with Crippen LogP contribution >= 0.6 is 0 Å². The summed E-state index contributed by atoms with van der Waals surface area (Å²) in [5, 5.41) is 0. The minimum atomic E-state index is 0.0770. The summed E-state index contributed by atoms with van der Waals surface area (Å²) >= 11 is 0. The van der Waals surface area contributed by atoms with Gasteiger partial charge in [-0.05, 0) is 74.7 Å². The minimum absolute atomic E-state index is 0.0770. The molecular formula is C51H45N. The molecule has 0 spiro atoms. The van der Waals surface area contributed by atoms with Gasteiger partial charge in [0.2, 0.25) is 0 Å². The molecule has 0 N–H and O–H groups in total. The van der Waals surface area contributed by atoms with Crippen molar-refractivity contribution in [3.8, 4) is 0 Å². The van der Waals surface area contributed by atoms with Crippen LogP contribution in [0.5, 0.6) is 0 Å². The first kappa shape index (κ1) is 34.3. The average Bonchev–Trinajstić information content (AvgIpc) is 3.21. The smallest absolute Gasteiger partial charge is 0.0361 e. The average molecular weight is 672 g/mol. The molecule has 52 heavy (non-hydrogen) atoms. The third kappa shape index (κ3) is 8.06. The molecule has 0 fully saturated rings. The first-order chi connectivity index (χ1) is 25.5. The fourth-order valence-corrected chi connectivity index (χ4v) is 6.96. The Morgan fingerprint density at radius 2 is 0.673 bits per heavy atom. The van der Waals surface area contributed by atoms with E-state index in [2.05, 4.69) is 232 Å². The number of hydrogen-bond donors (Lipinski definition) is 0. The molecule has 7 aromatic rings. The summed E-state index contributed by atoms with van der Waals surface area (Å²) in [5.74, 6) is 0.176. The summed E-state index contributed by atoms with van der Waals surface area (Å²) < 4.78 is 0. The van der Waals surface area contributed by atoms with Crippen LogP contribution in [-0.4, -0.2) is 14.1 Å². The van der Waals surface area contributed by atoms with Crippen molar-refractivity contribution >= 4 is 16.8 Å². The molecule has 1 heteroatoms. The van der Waals surface area contributed by atoms with Crippen LogP contribution in [0.25, 0.3) is 11.1 Å². The van der Waals surface area contributed by atoms with Crippen LogP contribution in [0, 0.1) is 6.92 Å². The SMILES string of the molecule is Cc1ccc(C(C=C(c2ccccc2)c2ccc(C(=CC(c3ccccc3)c3ccc(N(C)C)cc3)c3ccccc3)cc2)c2ccccc2)cc1. The van der Waals surface area contributed by atoms with Crippen molar-refractivity contribution in [2.24, 2.45) is 0 Å². The minimum Gasteiger partial charge on any atom is -0.378 e. The Balaban J connectivity index is 1.35. The van der Waals surface area contributed by atoms with Gasteiger partial charge in [-0.25, -0.2) is 0 Å². The van der Waals surface area contributed by atoms with Gasteiger partial charge in [-0.15, -0.1) is 0 Å². The molecule has 0 aliphatic carbocycles. The van der Waals surface area contributed by atoms with Crippen molar-refractivity contribution in [3.05, 3.63) is 256 Å². The third-order valence-corrected chi connectivity index (χ3v) is 9.87. The van der Waals surface area contributed by atoms with Crippen LogP contribution in [0.3, 0.4) is 0 Å². The Morgan fingerprint density at radius 1 is 0.365 bits per heavy atom. The molecule has 0 aromatic heterocycles. The van der Waals surface area contributed by atoms with E-state index in [1.54, 1.807) is 0 Å². The van der Waals surface area contributed by atoms with E-state index < -0.39 is 0 Å². The molecule has 2 unspecified atom stereocenters. The zero-order valence-electron chi connectivity index (χ0n) is 30.2. The van der Waals surface area contributed by atoms with Gasteiger partial charge >= 0.3 is 0 Å². The van der Waals surface area contributed by atoms with E-state index in [0.717, 1.165) is 0 Å². The maximum absolute atomic E-state index is 2.45. The molecule has 254 valence electrons. The molecule has 0 saturated carbocycles. The van der Waals surface area contributed by atoms with Gasteiger partial charge in [0.05, 0.1) is 0 Å². The van der Waals surface area contributed by atoms with Crippen molar-refractivity contribution in [3.63, 3.8) is 0 Å². The second kappa shape index (κ2) is 16.2. The Labute approximate surface area is 309 Å². The number of nitrogens with zero attached hydrogens (tertiary/aromatic N) is 1. The monoisotopic (exact) mass is 671 g/mol. The lowest BCUT2D eigenvalue weighted by molar-refractivity contribution is 1.02. The lowest BCUT2D eigenvalue weighted by atomic mass is 9.84. The molecule has 0 bridgehead atoms. The topological polar surface area (TPSA) is 3.24 Å². The molecule has 0 radical (unpaired) electrons. The second-order valence-electron chi connectivity index (χ2n) is 13.6.